The highest BCUT2D eigenvalue weighted by atomic mass is 32.2. The molecule has 0 aliphatic carbocycles. The van der Waals surface area contributed by atoms with Crippen LogP contribution in [0.4, 0.5) is 0 Å². The fourth-order valence-electron chi connectivity index (χ4n) is 2.53. The number of benzene rings is 2. The lowest BCUT2D eigenvalue weighted by atomic mass is 10.1. The first-order valence-electron chi connectivity index (χ1n) is 7.52. The summed E-state index contributed by atoms with van der Waals surface area (Å²) in [5.74, 6) is 0.645. The number of para-hydroxylation sites is 2. The quantitative estimate of drug-likeness (QED) is 0.768. The van der Waals surface area contributed by atoms with Crippen LogP contribution < -0.4 is 5.14 Å². The number of rotatable bonds is 5. The maximum Gasteiger partial charge on any atom is 0.238 e. The minimum absolute atomic E-state index is 0.0644. The van der Waals surface area contributed by atoms with Gasteiger partial charge in [-0.1, -0.05) is 24.3 Å². The lowest BCUT2D eigenvalue weighted by Crippen LogP contribution is -2.22. The smallest absolute Gasteiger partial charge is 0.238 e. The molecule has 1 aromatic heterocycles. The maximum absolute atomic E-state index is 11.3. The first-order chi connectivity index (χ1) is 11.3. The van der Waals surface area contributed by atoms with Gasteiger partial charge in [-0.3, -0.25) is 4.90 Å². The monoisotopic (exact) mass is 345 g/mol. The highest BCUT2D eigenvalue weighted by molar-refractivity contribution is 7.89. The van der Waals surface area contributed by atoms with Gasteiger partial charge in [0.05, 0.1) is 11.4 Å². The zero-order chi connectivity index (χ0) is 17.3. The van der Waals surface area contributed by atoms with Crippen molar-refractivity contribution in [2.75, 3.05) is 7.05 Å². The van der Waals surface area contributed by atoms with Crippen LogP contribution in [0.3, 0.4) is 0 Å². The Balaban J connectivity index is 1.75. The highest BCUT2D eigenvalue weighted by Crippen LogP contribution is 2.23. The number of oxazole rings is 1. The lowest BCUT2D eigenvalue weighted by molar-refractivity contribution is 0.230. The van der Waals surface area contributed by atoms with Crippen LogP contribution >= 0.6 is 0 Å². The summed E-state index contributed by atoms with van der Waals surface area (Å²) in [6, 6.07) is 14.3. The Morgan fingerprint density at radius 2 is 1.83 bits per heavy atom. The molecule has 6 nitrogen and oxygen atoms in total. The molecule has 0 fully saturated rings. The fourth-order valence-corrected chi connectivity index (χ4v) is 3.04. The third kappa shape index (κ3) is 3.48. The van der Waals surface area contributed by atoms with Crippen molar-refractivity contribution in [1.82, 2.24) is 9.88 Å². The van der Waals surface area contributed by atoms with Gasteiger partial charge in [0, 0.05) is 6.04 Å². The van der Waals surface area contributed by atoms with Gasteiger partial charge in [-0.05, 0) is 43.8 Å². The Hall–Kier alpha value is -2.22. The number of nitrogens with zero attached hydrogens (tertiary/aromatic N) is 2. The number of nitrogens with two attached hydrogens (primary N) is 1. The first kappa shape index (κ1) is 16.6. The molecule has 1 atom stereocenters. The van der Waals surface area contributed by atoms with Gasteiger partial charge >= 0.3 is 0 Å². The summed E-state index contributed by atoms with van der Waals surface area (Å²) in [7, 11) is -1.70. The Bertz CT molecular complexity index is 916. The SMILES string of the molecule is C[C@H](c1ccc(S(N)(=O)=O)cc1)N(C)Cc1nc2ccccc2o1. The van der Waals surface area contributed by atoms with Gasteiger partial charge in [0.2, 0.25) is 15.9 Å². The third-order valence-electron chi connectivity index (χ3n) is 4.08. The molecule has 3 aromatic rings. The van der Waals surface area contributed by atoms with Crippen molar-refractivity contribution in [2.45, 2.75) is 24.4 Å². The molecule has 2 aromatic carbocycles. The van der Waals surface area contributed by atoms with Crippen molar-refractivity contribution in [3.05, 3.63) is 60.0 Å². The molecule has 3 rings (SSSR count). The van der Waals surface area contributed by atoms with Crippen LogP contribution in [-0.2, 0) is 16.6 Å². The standard InChI is InChI=1S/C17H19N3O3S/c1-12(13-7-9-14(10-8-13)24(18,21)22)20(2)11-17-19-15-5-3-4-6-16(15)23-17/h3-10,12H,11H2,1-2H3,(H2,18,21,22)/t12-/m1/s1. The summed E-state index contributed by atoms with van der Waals surface area (Å²) in [4.78, 5) is 6.66. The van der Waals surface area contributed by atoms with E-state index in [1.165, 1.54) is 12.1 Å². The molecule has 24 heavy (non-hydrogen) atoms. The van der Waals surface area contributed by atoms with Crippen LogP contribution in [0.1, 0.15) is 24.4 Å². The number of sulfonamides is 1. The van der Waals surface area contributed by atoms with Gasteiger partial charge in [0.25, 0.3) is 0 Å². The Morgan fingerprint density at radius 1 is 1.17 bits per heavy atom. The van der Waals surface area contributed by atoms with Crippen molar-refractivity contribution in [1.29, 1.82) is 0 Å². The molecule has 7 heteroatoms. The number of hydrogen-bond donors (Lipinski definition) is 1. The summed E-state index contributed by atoms with van der Waals surface area (Å²) < 4.78 is 28.4. The van der Waals surface area contributed by atoms with Crippen molar-refractivity contribution in [2.24, 2.45) is 5.14 Å². The molecule has 0 bridgehead atoms. The van der Waals surface area contributed by atoms with Gasteiger partial charge in [-0.15, -0.1) is 0 Å². The summed E-state index contributed by atoms with van der Waals surface area (Å²) in [5, 5.41) is 5.12. The lowest BCUT2D eigenvalue weighted by Gasteiger charge is -2.23. The van der Waals surface area contributed by atoms with Crippen LogP contribution in [0.15, 0.2) is 57.8 Å². The minimum Gasteiger partial charge on any atom is -0.439 e. The van der Waals surface area contributed by atoms with E-state index in [1.807, 2.05) is 38.2 Å². The second-order valence-corrected chi connectivity index (χ2v) is 7.34. The van der Waals surface area contributed by atoms with Gasteiger partial charge < -0.3 is 4.42 Å². The topological polar surface area (TPSA) is 89.4 Å². The molecule has 0 spiro atoms. The Morgan fingerprint density at radius 3 is 2.46 bits per heavy atom. The van der Waals surface area contributed by atoms with Gasteiger partial charge in [0.15, 0.2) is 5.58 Å². The van der Waals surface area contributed by atoms with Crippen LogP contribution in [0.25, 0.3) is 11.1 Å². The van der Waals surface area contributed by atoms with E-state index < -0.39 is 10.0 Å². The molecule has 0 radical (unpaired) electrons. The molecule has 126 valence electrons. The molecule has 0 saturated heterocycles. The van der Waals surface area contributed by atoms with E-state index in [1.54, 1.807) is 12.1 Å². The first-order valence-corrected chi connectivity index (χ1v) is 9.06. The molecule has 0 aliphatic rings. The van der Waals surface area contributed by atoms with E-state index in [9.17, 15) is 8.42 Å². The van der Waals surface area contributed by atoms with Crippen LogP contribution in [-0.4, -0.2) is 25.3 Å². The number of aromatic nitrogens is 1. The van der Waals surface area contributed by atoms with Gasteiger partial charge in [-0.25, -0.2) is 18.5 Å². The average molecular weight is 345 g/mol. The predicted octanol–water partition coefficient (Wildman–Crippen LogP) is 2.67. The van der Waals surface area contributed by atoms with Crippen molar-refractivity contribution < 1.29 is 12.8 Å². The third-order valence-corrected chi connectivity index (χ3v) is 5.00. The predicted molar refractivity (Wildman–Crippen MR) is 91.7 cm³/mol. The van der Waals surface area contributed by atoms with E-state index in [0.717, 1.165) is 16.7 Å². The average Bonchev–Trinajstić information content (AvgIpc) is 2.95. The number of hydrogen-bond acceptors (Lipinski definition) is 5. The summed E-state index contributed by atoms with van der Waals surface area (Å²) >= 11 is 0. The Kier molecular flexibility index (Phi) is 4.40. The maximum atomic E-state index is 11.3. The molecule has 0 amide bonds. The zero-order valence-corrected chi connectivity index (χ0v) is 14.3. The van der Waals surface area contributed by atoms with Crippen molar-refractivity contribution in [3.8, 4) is 0 Å². The number of fused-ring (bicyclic) bond motifs is 1. The zero-order valence-electron chi connectivity index (χ0n) is 13.5. The minimum atomic E-state index is -3.67. The Labute approximate surface area is 141 Å². The molecule has 0 unspecified atom stereocenters. The van der Waals surface area contributed by atoms with E-state index in [4.69, 9.17) is 9.56 Å². The molecular formula is C17H19N3O3S. The van der Waals surface area contributed by atoms with E-state index in [2.05, 4.69) is 9.88 Å². The highest BCUT2D eigenvalue weighted by Gasteiger charge is 2.16. The van der Waals surface area contributed by atoms with E-state index in [-0.39, 0.29) is 10.9 Å². The normalized spacial score (nSPS) is 13.5. The fraction of sp³-hybridized carbons (Fsp3) is 0.235. The van der Waals surface area contributed by atoms with E-state index >= 15 is 0 Å². The second kappa shape index (κ2) is 6.35. The van der Waals surface area contributed by atoms with Gasteiger partial charge in [-0.2, -0.15) is 0 Å². The molecular weight excluding hydrogens is 326 g/mol. The molecule has 2 N–H and O–H groups in total. The number of primary sulfonamides is 1. The van der Waals surface area contributed by atoms with Crippen LogP contribution in [0, 0.1) is 0 Å². The summed E-state index contributed by atoms with van der Waals surface area (Å²) in [5.41, 5.74) is 2.60. The van der Waals surface area contributed by atoms with Crippen molar-refractivity contribution >= 4 is 21.1 Å². The van der Waals surface area contributed by atoms with Gasteiger partial charge in [0.1, 0.15) is 5.52 Å². The van der Waals surface area contributed by atoms with Crippen molar-refractivity contribution in [3.63, 3.8) is 0 Å². The molecule has 1 heterocycles. The molecule has 0 aliphatic heterocycles. The largest absolute Gasteiger partial charge is 0.439 e. The van der Waals surface area contributed by atoms with Crippen LogP contribution in [0.5, 0.6) is 0 Å². The van der Waals surface area contributed by atoms with Crippen LogP contribution in [0.2, 0.25) is 0 Å². The summed E-state index contributed by atoms with van der Waals surface area (Å²) in [6.07, 6.45) is 0. The molecule has 0 saturated carbocycles. The van der Waals surface area contributed by atoms with E-state index in [0.29, 0.717) is 12.4 Å². The summed E-state index contributed by atoms with van der Waals surface area (Å²) in [6.45, 7) is 2.58. The second-order valence-electron chi connectivity index (χ2n) is 5.78.